The number of hydrogen-bond donors (Lipinski definition) is 1. The molecule has 0 aliphatic carbocycles. The fraction of sp³-hybridized carbons (Fsp3) is 0.400. The zero-order valence-electron chi connectivity index (χ0n) is 17.0. The summed E-state index contributed by atoms with van der Waals surface area (Å²) in [6, 6.07) is 9.79. The van der Waals surface area contributed by atoms with Crippen LogP contribution in [0.4, 0.5) is 5.82 Å². The molecule has 7 nitrogen and oxygen atoms in total. The van der Waals surface area contributed by atoms with Gasteiger partial charge in [0.1, 0.15) is 5.82 Å². The van der Waals surface area contributed by atoms with Crippen LogP contribution in [0.25, 0.3) is 16.9 Å². The van der Waals surface area contributed by atoms with Crippen LogP contribution in [0.1, 0.15) is 12.1 Å². The predicted octanol–water partition coefficient (Wildman–Crippen LogP) is 3.51. The number of anilines is 1. The van der Waals surface area contributed by atoms with Crippen molar-refractivity contribution in [3.63, 3.8) is 0 Å². The molecule has 3 rings (SSSR count). The van der Waals surface area contributed by atoms with Crippen LogP contribution < -0.4 is 14.8 Å². The Bertz CT molecular complexity index is 926. The molecule has 1 N–H and O–H groups in total. The van der Waals surface area contributed by atoms with Crippen molar-refractivity contribution in [2.24, 2.45) is 0 Å². The molecule has 0 fully saturated rings. The summed E-state index contributed by atoms with van der Waals surface area (Å²) < 4.78 is 12.6. The minimum absolute atomic E-state index is 0. The third kappa shape index (κ3) is 4.85. The summed E-state index contributed by atoms with van der Waals surface area (Å²) >= 11 is 0. The maximum Gasteiger partial charge on any atom is 0.161 e. The lowest BCUT2D eigenvalue weighted by Crippen LogP contribution is -2.17. The van der Waals surface area contributed by atoms with E-state index in [9.17, 15) is 0 Å². The lowest BCUT2D eigenvalue weighted by molar-refractivity contribution is 0.355. The molecule has 0 bridgehead atoms. The number of aryl methyl sites for hydroxylation is 1. The molecule has 0 spiro atoms. The smallest absolute Gasteiger partial charge is 0.161 e. The summed E-state index contributed by atoms with van der Waals surface area (Å²) in [6.45, 7) is 3.91. The summed E-state index contributed by atoms with van der Waals surface area (Å²) in [4.78, 5) is 6.79. The molecule has 0 saturated carbocycles. The zero-order valence-corrected chi connectivity index (χ0v) is 17.8. The number of methoxy groups -OCH3 is 2. The van der Waals surface area contributed by atoms with Crippen LogP contribution in [-0.4, -0.2) is 60.9 Å². The van der Waals surface area contributed by atoms with Crippen LogP contribution in [-0.2, 0) is 0 Å². The molecule has 1 aromatic carbocycles. The van der Waals surface area contributed by atoms with E-state index in [1.54, 1.807) is 14.2 Å². The minimum Gasteiger partial charge on any atom is -0.493 e. The first kappa shape index (κ1) is 21.8. The first-order valence-corrected chi connectivity index (χ1v) is 9.00. The van der Waals surface area contributed by atoms with Gasteiger partial charge in [0.15, 0.2) is 17.1 Å². The van der Waals surface area contributed by atoms with E-state index in [4.69, 9.17) is 14.6 Å². The highest BCUT2D eigenvalue weighted by atomic mass is 35.5. The summed E-state index contributed by atoms with van der Waals surface area (Å²) in [5, 5.41) is 8.23. The summed E-state index contributed by atoms with van der Waals surface area (Å²) in [5.41, 5.74) is 3.56. The fourth-order valence-corrected chi connectivity index (χ4v) is 2.97. The number of ether oxygens (including phenoxy) is 2. The highest BCUT2D eigenvalue weighted by Gasteiger charge is 2.12. The molecule has 28 heavy (non-hydrogen) atoms. The van der Waals surface area contributed by atoms with Gasteiger partial charge in [-0.05, 0) is 52.2 Å². The molecule has 8 heteroatoms. The molecule has 0 aliphatic heterocycles. The highest BCUT2D eigenvalue weighted by Crippen LogP contribution is 2.32. The lowest BCUT2D eigenvalue weighted by Gasteiger charge is -2.12. The molecule has 0 amide bonds. The number of fused-ring (bicyclic) bond motifs is 1. The van der Waals surface area contributed by atoms with E-state index >= 15 is 0 Å². The quantitative estimate of drug-likeness (QED) is 0.578. The topological polar surface area (TPSA) is 63.9 Å². The average Bonchev–Trinajstić information content (AvgIpc) is 3.08. The van der Waals surface area contributed by atoms with Crippen molar-refractivity contribution in [2.75, 3.05) is 46.7 Å². The van der Waals surface area contributed by atoms with Gasteiger partial charge in [0.25, 0.3) is 0 Å². The van der Waals surface area contributed by atoms with Crippen LogP contribution in [0.2, 0.25) is 0 Å². The Balaban J connectivity index is 0.00000280. The maximum absolute atomic E-state index is 5.41. The van der Waals surface area contributed by atoms with Crippen molar-refractivity contribution in [1.29, 1.82) is 0 Å². The number of nitrogens with zero attached hydrogens (tertiary/aromatic N) is 4. The van der Waals surface area contributed by atoms with Crippen LogP contribution >= 0.6 is 12.4 Å². The number of nitrogens with one attached hydrogen (secondary N) is 1. The predicted molar refractivity (Wildman–Crippen MR) is 115 cm³/mol. The van der Waals surface area contributed by atoms with E-state index < -0.39 is 0 Å². The average molecular weight is 406 g/mol. The van der Waals surface area contributed by atoms with Gasteiger partial charge in [-0.15, -0.1) is 12.4 Å². The third-order valence-corrected chi connectivity index (χ3v) is 4.32. The Hall–Kier alpha value is -2.51. The highest BCUT2D eigenvalue weighted by molar-refractivity contribution is 5.85. The van der Waals surface area contributed by atoms with Gasteiger partial charge in [-0.3, -0.25) is 0 Å². The Labute approximate surface area is 172 Å². The van der Waals surface area contributed by atoms with Crippen molar-refractivity contribution in [2.45, 2.75) is 13.3 Å². The Morgan fingerprint density at radius 2 is 1.82 bits per heavy atom. The van der Waals surface area contributed by atoms with Gasteiger partial charge in [0.2, 0.25) is 0 Å². The SMILES string of the molecule is COc1ccc(-c2cc3nc(C)cc(NCCCN(C)C)n3n2)cc1OC.Cl. The first-order chi connectivity index (χ1) is 13.0. The van der Waals surface area contributed by atoms with Gasteiger partial charge in [-0.2, -0.15) is 9.61 Å². The van der Waals surface area contributed by atoms with Gasteiger partial charge < -0.3 is 19.7 Å². The molecule has 0 atom stereocenters. The van der Waals surface area contributed by atoms with Crippen LogP contribution in [0.5, 0.6) is 11.5 Å². The van der Waals surface area contributed by atoms with Crippen molar-refractivity contribution < 1.29 is 9.47 Å². The fourth-order valence-electron chi connectivity index (χ4n) is 2.97. The molecule has 152 valence electrons. The molecule has 0 aliphatic rings. The monoisotopic (exact) mass is 405 g/mol. The summed E-state index contributed by atoms with van der Waals surface area (Å²) in [5.74, 6) is 2.32. The second-order valence-corrected chi connectivity index (χ2v) is 6.74. The van der Waals surface area contributed by atoms with Gasteiger partial charge in [-0.25, -0.2) is 4.98 Å². The summed E-state index contributed by atoms with van der Waals surface area (Å²) in [6.07, 6.45) is 1.06. The maximum atomic E-state index is 5.41. The third-order valence-electron chi connectivity index (χ3n) is 4.32. The van der Waals surface area contributed by atoms with E-state index in [1.165, 1.54) is 0 Å². The number of aromatic nitrogens is 3. The Morgan fingerprint density at radius 1 is 1.07 bits per heavy atom. The Kier molecular flexibility index (Phi) is 7.48. The molecule has 0 unspecified atom stereocenters. The van der Waals surface area contributed by atoms with Gasteiger partial charge in [0.05, 0.1) is 19.9 Å². The second-order valence-electron chi connectivity index (χ2n) is 6.74. The number of halogens is 1. The second kappa shape index (κ2) is 9.61. The van der Waals surface area contributed by atoms with Crippen LogP contribution in [0, 0.1) is 6.92 Å². The van der Waals surface area contributed by atoms with Crippen molar-refractivity contribution in [1.82, 2.24) is 19.5 Å². The normalized spacial score (nSPS) is 10.8. The van der Waals surface area contributed by atoms with E-state index in [1.807, 2.05) is 41.8 Å². The molecule has 0 saturated heterocycles. The molecule has 2 aromatic heterocycles. The molecular formula is C20H28ClN5O2. The van der Waals surface area contributed by atoms with E-state index in [2.05, 4.69) is 29.3 Å². The molecule has 2 heterocycles. The van der Waals surface area contributed by atoms with Crippen molar-refractivity contribution >= 4 is 23.9 Å². The largest absolute Gasteiger partial charge is 0.493 e. The Morgan fingerprint density at radius 3 is 2.50 bits per heavy atom. The van der Waals surface area contributed by atoms with Crippen LogP contribution in [0.3, 0.4) is 0 Å². The van der Waals surface area contributed by atoms with Gasteiger partial charge in [-0.1, -0.05) is 0 Å². The summed E-state index contributed by atoms with van der Waals surface area (Å²) in [7, 11) is 7.42. The van der Waals surface area contributed by atoms with E-state index in [0.717, 1.165) is 47.9 Å². The standard InChI is InChI=1S/C20H27N5O2.ClH/c1-14-11-19(21-9-6-10-24(2)3)25-20(22-14)13-16(23-25)15-7-8-17(26-4)18(12-15)27-5;/h7-8,11-13,21H,6,9-10H2,1-5H3;1H. The first-order valence-electron chi connectivity index (χ1n) is 9.00. The number of rotatable bonds is 8. The van der Waals surface area contributed by atoms with Crippen LogP contribution in [0.15, 0.2) is 30.3 Å². The minimum atomic E-state index is 0. The van der Waals surface area contributed by atoms with Gasteiger partial charge in [0, 0.05) is 29.9 Å². The lowest BCUT2D eigenvalue weighted by atomic mass is 10.1. The molecular weight excluding hydrogens is 378 g/mol. The van der Waals surface area contributed by atoms with E-state index in [-0.39, 0.29) is 12.4 Å². The van der Waals surface area contributed by atoms with Crippen molar-refractivity contribution in [3.8, 4) is 22.8 Å². The van der Waals surface area contributed by atoms with Crippen molar-refractivity contribution in [3.05, 3.63) is 36.0 Å². The molecule has 0 radical (unpaired) electrons. The molecule has 3 aromatic rings. The van der Waals surface area contributed by atoms with E-state index in [0.29, 0.717) is 11.5 Å². The van der Waals surface area contributed by atoms with Gasteiger partial charge >= 0.3 is 0 Å². The number of hydrogen-bond acceptors (Lipinski definition) is 6. The zero-order chi connectivity index (χ0) is 19.4. The number of benzene rings is 1.